The number of carboxylic acids is 1. The summed E-state index contributed by atoms with van der Waals surface area (Å²) >= 11 is 0. The summed E-state index contributed by atoms with van der Waals surface area (Å²) in [6, 6.07) is -1.10. The number of carbonyl (C=O) groups excluding carboxylic acids is 2. The highest BCUT2D eigenvalue weighted by Crippen LogP contribution is 2.02. The van der Waals surface area contributed by atoms with Gasteiger partial charge < -0.3 is 25.2 Å². The maximum Gasteiger partial charge on any atom is 0.407 e. The standard InChI is InChI=1S/C14H24N8O6/c15-21-18-7-3-9-27-13(25)17-6-2-1-5-11(12(23)24)20-14(26)28-10-4-8-19-22-16/h11,16H,1-10H2,(H2-,17,20,23,24,25,26)/p+1. The summed E-state index contributed by atoms with van der Waals surface area (Å²) in [6.07, 6.45) is 0.444. The summed E-state index contributed by atoms with van der Waals surface area (Å²) in [6.45, 7) is 0.932. The molecule has 1 unspecified atom stereocenters. The van der Waals surface area contributed by atoms with E-state index < -0.39 is 24.2 Å². The molecule has 0 aromatic carbocycles. The molecule has 4 N–H and O–H groups in total. The number of carboxylic acid groups (broad SMARTS) is 1. The predicted molar refractivity (Wildman–Crippen MR) is 94.5 cm³/mol. The Morgan fingerprint density at radius 3 is 2.29 bits per heavy atom. The number of carbonyl (C=O) groups is 3. The lowest BCUT2D eigenvalue weighted by atomic mass is 10.1. The van der Waals surface area contributed by atoms with Crippen LogP contribution in [0.4, 0.5) is 9.59 Å². The second kappa shape index (κ2) is 17.1. The summed E-state index contributed by atoms with van der Waals surface area (Å²) in [7, 11) is 0. The number of unbranched alkanes of at least 4 members (excludes halogenated alkanes) is 1. The van der Waals surface area contributed by atoms with Gasteiger partial charge in [-0.1, -0.05) is 5.11 Å². The van der Waals surface area contributed by atoms with Gasteiger partial charge in [-0.2, -0.15) is 0 Å². The van der Waals surface area contributed by atoms with Crippen LogP contribution in [-0.4, -0.2) is 62.2 Å². The molecule has 0 aromatic rings. The van der Waals surface area contributed by atoms with Crippen LogP contribution in [0.3, 0.4) is 0 Å². The average molecular weight is 401 g/mol. The molecule has 0 rings (SSSR count). The van der Waals surface area contributed by atoms with Gasteiger partial charge in [0.2, 0.25) is 4.91 Å². The highest BCUT2D eigenvalue weighted by Gasteiger charge is 2.20. The molecule has 0 fully saturated rings. The molecule has 156 valence electrons. The number of nitrogens with zero attached hydrogens (tertiary/aromatic N) is 5. The fourth-order valence-corrected chi connectivity index (χ4v) is 1.85. The average Bonchev–Trinajstić information content (AvgIpc) is 2.66. The smallest absolute Gasteiger partial charge is 0.407 e. The van der Waals surface area contributed by atoms with Crippen LogP contribution in [0.1, 0.15) is 32.1 Å². The summed E-state index contributed by atoms with van der Waals surface area (Å²) in [4.78, 5) is 39.5. The molecule has 0 saturated carbocycles. The number of alkyl carbamates (subject to hydrolysis) is 2. The van der Waals surface area contributed by atoms with E-state index in [2.05, 4.69) is 30.7 Å². The van der Waals surface area contributed by atoms with Crippen LogP contribution in [0, 0.1) is 5.53 Å². The van der Waals surface area contributed by atoms with Gasteiger partial charge >= 0.3 is 18.2 Å². The third-order valence-corrected chi connectivity index (χ3v) is 3.18. The number of hydrogen-bond acceptors (Lipinski definition) is 8. The minimum absolute atomic E-state index is 0.0338. The molecule has 2 amide bonds. The van der Waals surface area contributed by atoms with Crippen molar-refractivity contribution in [1.29, 1.82) is 5.53 Å². The van der Waals surface area contributed by atoms with Crippen molar-refractivity contribution in [3.63, 3.8) is 0 Å². The Morgan fingerprint density at radius 2 is 1.68 bits per heavy atom. The quantitative estimate of drug-likeness (QED) is 0.138. The van der Waals surface area contributed by atoms with Gasteiger partial charge in [0.15, 0.2) is 0 Å². The van der Waals surface area contributed by atoms with Gasteiger partial charge in [-0.3, -0.25) is 0 Å². The first-order valence-electron chi connectivity index (χ1n) is 8.62. The molecule has 14 heteroatoms. The van der Waals surface area contributed by atoms with Gasteiger partial charge in [0, 0.05) is 24.4 Å². The van der Waals surface area contributed by atoms with Crippen LogP contribution in [0.2, 0.25) is 0 Å². The van der Waals surface area contributed by atoms with E-state index in [0.717, 1.165) is 0 Å². The van der Waals surface area contributed by atoms with E-state index in [1.807, 2.05) is 0 Å². The maximum atomic E-state index is 11.5. The first-order chi connectivity index (χ1) is 13.5. The molecule has 0 aliphatic rings. The van der Waals surface area contributed by atoms with Crippen LogP contribution < -0.4 is 15.5 Å². The van der Waals surface area contributed by atoms with Crippen LogP contribution >= 0.6 is 0 Å². The predicted octanol–water partition coefficient (Wildman–Crippen LogP) is 1.70. The topological polar surface area (TPSA) is 213 Å². The monoisotopic (exact) mass is 401 g/mol. The number of hydrogen-bond donors (Lipinski definition) is 4. The van der Waals surface area contributed by atoms with Crippen molar-refractivity contribution >= 4 is 18.2 Å². The van der Waals surface area contributed by atoms with Crippen molar-refractivity contribution in [2.45, 2.75) is 38.1 Å². The Labute approximate surface area is 160 Å². The van der Waals surface area contributed by atoms with Crippen molar-refractivity contribution in [3.8, 4) is 0 Å². The van der Waals surface area contributed by atoms with Crippen LogP contribution in [0.15, 0.2) is 10.2 Å². The van der Waals surface area contributed by atoms with E-state index in [1.54, 1.807) is 0 Å². The Bertz CT molecular complexity index is 588. The lowest BCUT2D eigenvalue weighted by Gasteiger charge is -2.14. The number of nitrogens with one attached hydrogen (secondary N) is 3. The Kier molecular flexibility index (Phi) is 15.0. The molecular formula is C14H25N8O6+. The SMILES string of the molecule is [N-]=[N+]=NCCCOC(=O)NCCCCC(NC(=O)OCCCN=[N+]=N)C(=O)O. The van der Waals surface area contributed by atoms with E-state index in [4.69, 9.17) is 25.6 Å². The van der Waals surface area contributed by atoms with Crippen molar-refractivity contribution in [2.75, 3.05) is 32.8 Å². The Balaban J connectivity index is 3.87. The second-order valence-electron chi connectivity index (χ2n) is 5.36. The van der Waals surface area contributed by atoms with Gasteiger partial charge in [-0.25, -0.2) is 14.4 Å². The second-order valence-corrected chi connectivity index (χ2v) is 5.36. The summed E-state index contributed by atoms with van der Waals surface area (Å²) in [5.74, 6) is -1.19. The molecule has 1 atom stereocenters. The molecule has 0 bridgehead atoms. The molecule has 28 heavy (non-hydrogen) atoms. The van der Waals surface area contributed by atoms with Crippen LogP contribution in [-0.2, 0) is 14.3 Å². The molecule has 0 saturated heterocycles. The molecular weight excluding hydrogens is 376 g/mol. The molecule has 0 heterocycles. The van der Waals surface area contributed by atoms with Gasteiger partial charge in [-0.05, 0) is 31.2 Å². The molecule has 14 nitrogen and oxygen atoms in total. The number of rotatable bonds is 15. The zero-order valence-electron chi connectivity index (χ0n) is 15.4. The van der Waals surface area contributed by atoms with Gasteiger partial charge in [0.25, 0.3) is 0 Å². The normalized spacial score (nSPS) is 10.6. The van der Waals surface area contributed by atoms with Crippen LogP contribution in [0.5, 0.6) is 0 Å². The van der Waals surface area contributed by atoms with E-state index in [1.165, 1.54) is 0 Å². The number of aliphatic carboxylic acids is 1. The third kappa shape index (κ3) is 14.9. The summed E-state index contributed by atoms with van der Waals surface area (Å²) in [5, 5.41) is 20.6. The number of ether oxygens (including phenoxy) is 2. The first-order valence-corrected chi connectivity index (χ1v) is 8.62. The van der Waals surface area contributed by atoms with E-state index >= 15 is 0 Å². The van der Waals surface area contributed by atoms with E-state index in [-0.39, 0.29) is 39.3 Å². The van der Waals surface area contributed by atoms with Crippen LogP contribution in [0.25, 0.3) is 10.4 Å². The minimum Gasteiger partial charge on any atom is -0.480 e. The number of amides is 2. The zero-order valence-corrected chi connectivity index (χ0v) is 15.4. The van der Waals surface area contributed by atoms with Crippen molar-refractivity contribution in [2.24, 2.45) is 10.2 Å². The van der Waals surface area contributed by atoms with E-state index in [0.29, 0.717) is 25.7 Å². The van der Waals surface area contributed by atoms with E-state index in [9.17, 15) is 14.4 Å². The molecule has 0 aliphatic heterocycles. The summed E-state index contributed by atoms with van der Waals surface area (Å²) in [5.41, 5.74) is 14.5. The highest BCUT2D eigenvalue weighted by molar-refractivity contribution is 5.79. The number of azide groups is 1. The molecule has 0 aromatic heterocycles. The lowest BCUT2D eigenvalue weighted by Crippen LogP contribution is -2.41. The largest absolute Gasteiger partial charge is 0.480 e. The first kappa shape index (κ1) is 24.6. The van der Waals surface area contributed by atoms with Crippen molar-refractivity contribution in [3.05, 3.63) is 10.4 Å². The molecule has 0 spiro atoms. The Hall–Kier alpha value is -3.37. The van der Waals surface area contributed by atoms with Crippen molar-refractivity contribution in [1.82, 2.24) is 15.5 Å². The van der Waals surface area contributed by atoms with Gasteiger partial charge in [-0.15, -0.1) is 0 Å². The minimum atomic E-state index is -1.19. The molecule has 0 aliphatic carbocycles. The molecule has 0 radical (unpaired) electrons. The Morgan fingerprint density at radius 1 is 1.04 bits per heavy atom. The van der Waals surface area contributed by atoms with Gasteiger partial charge in [0.1, 0.15) is 23.2 Å². The highest BCUT2D eigenvalue weighted by atomic mass is 16.6. The fraction of sp³-hybridized carbons (Fsp3) is 0.786. The summed E-state index contributed by atoms with van der Waals surface area (Å²) < 4.78 is 9.66. The van der Waals surface area contributed by atoms with Gasteiger partial charge in [0.05, 0.1) is 13.2 Å². The zero-order chi connectivity index (χ0) is 21.0. The maximum absolute atomic E-state index is 11.5. The van der Waals surface area contributed by atoms with Crippen molar-refractivity contribution < 1.29 is 29.0 Å². The third-order valence-electron chi connectivity index (χ3n) is 3.18. The fourth-order valence-electron chi connectivity index (χ4n) is 1.85. The lowest BCUT2D eigenvalue weighted by molar-refractivity contribution is -0.139.